The van der Waals surface area contributed by atoms with E-state index in [1.165, 1.54) is 24.3 Å². The highest BCUT2D eigenvalue weighted by atomic mass is 19.1. The van der Waals surface area contributed by atoms with Gasteiger partial charge >= 0.3 is 5.97 Å². The van der Waals surface area contributed by atoms with Crippen molar-refractivity contribution in [1.29, 1.82) is 0 Å². The smallest absolute Gasteiger partial charge is 0.308 e. The quantitative estimate of drug-likeness (QED) is 0.887. The number of hydrogen-bond donors (Lipinski definition) is 1. The van der Waals surface area contributed by atoms with Crippen LogP contribution in [0.5, 0.6) is 0 Å². The fourth-order valence-electron chi connectivity index (χ4n) is 1.92. The third kappa shape index (κ3) is 3.30. The van der Waals surface area contributed by atoms with Gasteiger partial charge in [0, 0.05) is 18.2 Å². The van der Waals surface area contributed by atoms with Crippen LogP contribution in [0.3, 0.4) is 0 Å². The van der Waals surface area contributed by atoms with Crippen LogP contribution in [0.25, 0.3) is 0 Å². The molecule has 19 heavy (non-hydrogen) atoms. The molecule has 1 fully saturated rings. The highest BCUT2D eigenvalue weighted by Crippen LogP contribution is 2.29. The molecule has 1 aromatic rings. The summed E-state index contributed by atoms with van der Waals surface area (Å²) in [5, 5.41) is 8.93. The molecule has 1 aromatic carbocycles. The summed E-state index contributed by atoms with van der Waals surface area (Å²) in [6.45, 7) is 1.77. The SMILES string of the molecule is C[C@H](CN(C(=O)c1ccc(F)cc1)C1CC1)C(=O)O. The van der Waals surface area contributed by atoms with E-state index in [4.69, 9.17) is 5.11 Å². The Morgan fingerprint density at radius 3 is 2.42 bits per heavy atom. The number of halogens is 1. The molecule has 1 aliphatic rings. The van der Waals surface area contributed by atoms with Crippen molar-refractivity contribution in [3.63, 3.8) is 0 Å². The predicted octanol–water partition coefficient (Wildman–Crippen LogP) is 2.15. The average molecular weight is 265 g/mol. The lowest BCUT2D eigenvalue weighted by Crippen LogP contribution is -2.38. The Labute approximate surface area is 110 Å². The zero-order chi connectivity index (χ0) is 14.0. The van der Waals surface area contributed by atoms with Crippen LogP contribution in [0.4, 0.5) is 4.39 Å². The maximum absolute atomic E-state index is 12.8. The number of aliphatic carboxylic acids is 1. The highest BCUT2D eigenvalue weighted by Gasteiger charge is 2.34. The summed E-state index contributed by atoms with van der Waals surface area (Å²) in [5.74, 6) is -2.15. The number of rotatable bonds is 5. The van der Waals surface area contributed by atoms with Crippen molar-refractivity contribution in [2.75, 3.05) is 6.54 Å². The number of carboxylic acid groups (broad SMARTS) is 1. The van der Waals surface area contributed by atoms with E-state index in [0.717, 1.165) is 12.8 Å². The molecule has 0 radical (unpaired) electrons. The first kappa shape index (κ1) is 13.5. The summed E-state index contributed by atoms with van der Waals surface area (Å²) >= 11 is 0. The van der Waals surface area contributed by atoms with Gasteiger partial charge in [0.05, 0.1) is 5.92 Å². The molecular weight excluding hydrogens is 249 g/mol. The van der Waals surface area contributed by atoms with E-state index in [0.29, 0.717) is 5.56 Å². The molecule has 0 spiro atoms. The molecule has 1 atom stereocenters. The van der Waals surface area contributed by atoms with Gasteiger partial charge in [-0.15, -0.1) is 0 Å². The van der Waals surface area contributed by atoms with E-state index in [1.807, 2.05) is 0 Å². The van der Waals surface area contributed by atoms with E-state index in [2.05, 4.69) is 0 Å². The van der Waals surface area contributed by atoms with E-state index in [-0.39, 0.29) is 18.5 Å². The van der Waals surface area contributed by atoms with Crippen molar-refractivity contribution >= 4 is 11.9 Å². The monoisotopic (exact) mass is 265 g/mol. The lowest BCUT2D eigenvalue weighted by molar-refractivity contribution is -0.141. The number of carboxylic acids is 1. The van der Waals surface area contributed by atoms with Crippen LogP contribution in [-0.2, 0) is 4.79 Å². The lowest BCUT2D eigenvalue weighted by Gasteiger charge is -2.24. The number of carbonyl (C=O) groups excluding carboxylic acids is 1. The van der Waals surface area contributed by atoms with Crippen LogP contribution in [0.2, 0.25) is 0 Å². The first-order chi connectivity index (χ1) is 8.99. The number of carbonyl (C=O) groups is 2. The largest absolute Gasteiger partial charge is 0.481 e. The molecule has 1 saturated carbocycles. The Hall–Kier alpha value is -1.91. The normalized spacial score (nSPS) is 15.9. The van der Waals surface area contributed by atoms with Gasteiger partial charge < -0.3 is 10.0 Å². The van der Waals surface area contributed by atoms with E-state index in [9.17, 15) is 14.0 Å². The predicted molar refractivity (Wildman–Crippen MR) is 67.3 cm³/mol. The number of benzene rings is 1. The Morgan fingerprint density at radius 1 is 1.37 bits per heavy atom. The minimum atomic E-state index is -0.919. The van der Waals surface area contributed by atoms with Gasteiger partial charge in [0.2, 0.25) is 0 Å². The van der Waals surface area contributed by atoms with Gasteiger partial charge in [0.15, 0.2) is 0 Å². The van der Waals surface area contributed by atoms with Crippen molar-refractivity contribution < 1.29 is 19.1 Å². The van der Waals surface area contributed by atoms with Gasteiger partial charge in [-0.3, -0.25) is 9.59 Å². The summed E-state index contributed by atoms with van der Waals surface area (Å²) < 4.78 is 12.8. The van der Waals surface area contributed by atoms with E-state index in [1.54, 1.807) is 11.8 Å². The Bertz CT molecular complexity index is 482. The Morgan fingerprint density at radius 2 is 1.95 bits per heavy atom. The van der Waals surface area contributed by atoms with Crippen molar-refractivity contribution in [2.45, 2.75) is 25.8 Å². The highest BCUT2D eigenvalue weighted by molar-refractivity contribution is 5.94. The number of amides is 1. The lowest BCUT2D eigenvalue weighted by atomic mass is 10.1. The molecular formula is C14H16FNO3. The summed E-state index contributed by atoms with van der Waals surface area (Å²) in [4.78, 5) is 24.8. The first-order valence-electron chi connectivity index (χ1n) is 6.28. The Balaban J connectivity index is 2.12. The minimum Gasteiger partial charge on any atom is -0.481 e. The maximum Gasteiger partial charge on any atom is 0.308 e. The molecule has 1 amide bonds. The van der Waals surface area contributed by atoms with Gasteiger partial charge in [0.25, 0.3) is 5.91 Å². The second kappa shape index (κ2) is 5.38. The Kier molecular flexibility index (Phi) is 3.83. The van der Waals surface area contributed by atoms with Crippen LogP contribution < -0.4 is 0 Å². The molecule has 0 unspecified atom stereocenters. The van der Waals surface area contributed by atoms with Gasteiger partial charge in [0.1, 0.15) is 5.82 Å². The number of nitrogens with zero attached hydrogens (tertiary/aromatic N) is 1. The molecule has 2 rings (SSSR count). The summed E-state index contributed by atoms with van der Waals surface area (Å²) in [6, 6.07) is 5.45. The van der Waals surface area contributed by atoms with Crippen molar-refractivity contribution in [3.05, 3.63) is 35.6 Å². The van der Waals surface area contributed by atoms with Crippen LogP contribution in [0, 0.1) is 11.7 Å². The molecule has 4 nitrogen and oxygen atoms in total. The van der Waals surface area contributed by atoms with Gasteiger partial charge in [-0.25, -0.2) is 4.39 Å². The average Bonchev–Trinajstić information content (AvgIpc) is 3.19. The number of hydrogen-bond acceptors (Lipinski definition) is 2. The maximum atomic E-state index is 12.8. The van der Waals surface area contributed by atoms with Gasteiger partial charge in [-0.1, -0.05) is 6.92 Å². The van der Waals surface area contributed by atoms with Crippen LogP contribution >= 0.6 is 0 Å². The summed E-state index contributed by atoms with van der Waals surface area (Å²) in [6.07, 6.45) is 1.80. The standard InChI is InChI=1S/C14H16FNO3/c1-9(14(18)19)8-16(12-6-7-12)13(17)10-2-4-11(15)5-3-10/h2-5,9,12H,6-8H2,1H3,(H,18,19)/t9-/m1/s1. The van der Waals surface area contributed by atoms with E-state index >= 15 is 0 Å². The fourth-order valence-corrected chi connectivity index (χ4v) is 1.92. The zero-order valence-corrected chi connectivity index (χ0v) is 10.7. The zero-order valence-electron chi connectivity index (χ0n) is 10.7. The fraction of sp³-hybridized carbons (Fsp3) is 0.429. The molecule has 0 heterocycles. The topological polar surface area (TPSA) is 57.6 Å². The van der Waals surface area contributed by atoms with Crippen molar-refractivity contribution in [1.82, 2.24) is 4.90 Å². The van der Waals surface area contributed by atoms with Crippen LogP contribution in [0.15, 0.2) is 24.3 Å². The molecule has 0 bridgehead atoms. The second-order valence-corrected chi connectivity index (χ2v) is 4.93. The molecule has 5 heteroatoms. The van der Waals surface area contributed by atoms with Crippen molar-refractivity contribution in [3.8, 4) is 0 Å². The first-order valence-corrected chi connectivity index (χ1v) is 6.28. The van der Waals surface area contributed by atoms with Crippen LogP contribution in [0.1, 0.15) is 30.1 Å². The molecule has 0 aliphatic heterocycles. The third-order valence-electron chi connectivity index (χ3n) is 3.23. The molecule has 102 valence electrons. The minimum absolute atomic E-state index is 0.124. The molecule has 1 N–H and O–H groups in total. The summed E-state index contributed by atoms with van der Waals surface area (Å²) in [7, 11) is 0. The molecule has 0 aromatic heterocycles. The van der Waals surface area contributed by atoms with E-state index < -0.39 is 17.7 Å². The third-order valence-corrected chi connectivity index (χ3v) is 3.23. The molecule has 1 aliphatic carbocycles. The van der Waals surface area contributed by atoms with Gasteiger partial charge in [-0.05, 0) is 37.1 Å². The second-order valence-electron chi connectivity index (χ2n) is 4.93. The van der Waals surface area contributed by atoms with Crippen molar-refractivity contribution in [2.24, 2.45) is 5.92 Å². The van der Waals surface area contributed by atoms with Crippen LogP contribution in [-0.4, -0.2) is 34.5 Å². The summed E-state index contributed by atoms with van der Waals surface area (Å²) in [5.41, 5.74) is 0.394. The van der Waals surface area contributed by atoms with Gasteiger partial charge in [-0.2, -0.15) is 0 Å². The molecule has 0 saturated heterocycles.